The number of hydrogen-bond donors (Lipinski definition) is 0. The van der Waals surface area contributed by atoms with Gasteiger partial charge in [-0.25, -0.2) is 0 Å². The van der Waals surface area contributed by atoms with Crippen LogP contribution in [0, 0.1) is 0 Å². The van der Waals surface area contributed by atoms with Crippen LogP contribution in [-0.2, 0) is 0 Å². The summed E-state index contributed by atoms with van der Waals surface area (Å²) in [7, 11) is -0.679. The lowest BCUT2D eigenvalue weighted by atomic mass is 10.4. The number of alkyl halides is 2. The van der Waals surface area contributed by atoms with Crippen LogP contribution in [0.2, 0.25) is 6.04 Å². The van der Waals surface area contributed by atoms with Gasteiger partial charge < -0.3 is 0 Å². The summed E-state index contributed by atoms with van der Waals surface area (Å²) in [6.07, 6.45) is 2.59. The molecule has 0 unspecified atom stereocenters. The predicted molar refractivity (Wildman–Crippen MR) is 48.3 cm³/mol. The Morgan fingerprint density at radius 2 is 1.78 bits per heavy atom. The highest BCUT2D eigenvalue weighted by molar-refractivity contribution is 6.73. The van der Waals surface area contributed by atoms with E-state index in [4.69, 9.17) is 23.2 Å². The highest BCUT2D eigenvalue weighted by atomic mass is 35.5. The molecule has 0 aliphatic carbocycles. The average molecular weight is 185 g/mol. The molecule has 0 atom stereocenters. The number of rotatable bonds is 5. The summed E-state index contributed by atoms with van der Waals surface area (Å²) in [6.45, 7) is 2.20. The van der Waals surface area contributed by atoms with E-state index in [0.29, 0.717) is 0 Å². The van der Waals surface area contributed by atoms with Gasteiger partial charge in [-0.2, -0.15) is 0 Å². The second-order valence-electron chi connectivity index (χ2n) is 2.32. The van der Waals surface area contributed by atoms with Crippen LogP contribution in [0.1, 0.15) is 19.8 Å². The van der Waals surface area contributed by atoms with Crippen LogP contribution < -0.4 is 0 Å². The van der Waals surface area contributed by atoms with Gasteiger partial charge in [0.1, 0.15) is 0 Å². The molecule has 0 rings (SSSR count). The van der Waals surface area contributed by atoms with Crippen molar-refractivity contribution in [3.8, 4) is 0 Å². The largest absolute Gasteiger partial charge is 0.130 e. The first-order valence-electron chi connectivity index (χ1n) is 3.47. The Balaban J connectivity index is 3.09. The molecule has 0 aliphatic heterocycles. The van der Waals surface area contributed by atoms with E-state index in [0.717, 1.165) is 11.0 Å². The lowest BCUT2D eigenvalue weighted by molar-refractivity contribution is 0.874. The van der Waals surface area contributed by atoms with E-state index in [-0.39, 0.29) is 0 Å². The summed E-state index contributed by atoms with van der Waals surface area (Å²) in [5, 5.41) is 0. The first-order valence-corrected chi connectivity index (χ1v) is 6.98. The summed E-state index contributed by atoms with van der Waals surface area (Å²) in [6, 6.07) is 1.32. The fourth-order valence-electron chi connectivity index (χ4n) is 0.688. The monoisotopic (exact) mass is 184 g/mol. The molecule has 0 amide bonds. The van der Waals surface area contributed by atoms with Crippen molar-refractivity contribution in [2.75, 3.05) is 11.0 Å². The van der Waals surface area contributed by atoms with Crippen molar-refractivity contribution in [3.05, 3.63) is 0 Å². The van der Waals surface area contributed by atoms with E-state index < -0.39 is 8.80 Å². The Morgan fingerprint density at radius 3 is 2.11 bits per heavy atom. The molecule has 0 saturated heterocycles. The molecule has 3 heteroatoms. The maximum absolute atomic E-state index is 5.68. The highest BCUT2D eigenvalue weighted by Crippen LogP contribution is 2.03. The Hall–Kier alpha value is 0.797. The van der Waals surface area contributed by atoms with Gasteiger partial charge in [-0.15, -0.1) is 23.2 Å². The quantitative estimate of drug-likeness (QED) is 0.456. The molecular weight excluding hydrogens is 171 g/mol. The van der Waals surface area contributed by atoms with Crippen molar-refractivity contribution in [2.24, 2.45) is 0 Å². The first-order chi connectivity index (χ1) is 4.35. The zero-order valence-electron chi connectivity index (χ0n) is 5.87. The second kappa shape index (κ2) is 6.91. The van der Waals surface area contributed by atoms with Gasteiger partial charge in [0.2, 0.25) is 0 Å². The molecule has 0 nitrogen and oxygen atoms in total. The Kier molecular flexibility index (Phi) is 7.52. The first kappa shape index (κ1) is 9.80. The van der Waals surface area contributed by atoms with Crippen molar-refractivity contribution < 1.29 is 0 Å². The molecule has 9 heavy (non-hydrogen) atoms. The molecular formula is C6H14Cl2Si. The molecule has 0 aromatic carbocycles. The second-order valence-corrected chi connectivity index (χ2v) is 7.10. The van der Waals surface area contributed by atoms with Crippen molar-refractivity contribution in [3.63, 3.8) is 0 Å². The lowest BCUT2D eigenvalue weighted by Gasteiger charge is -2.04. The fourth-order valence-corrected chi connectivity index (χ4v) is 3.98. The van der Waals surface area contributed by atoms with Crippen molar-refractivity contribution in [1.82, 2.24) is 0 Å². The van der Waals surface area contributed by atoms with Gasteiger partial charge in [0.25, 0.3) is 0 Å². The highest BCUT2D eigenvalue weighted by Gasteiger charge is 2.05. The minimum Gasteiger partial charge on any atom is -0.130 e. The van der Waals surface area contributed by atoms with E-state index in [1.54, 1.807) is 0 Å². The van der Waals surface area contributed by atoms with Crippen molar-refractivity contribution in [2.45, 2.75) is 25.8 Å². The van der Waals surface area contributed by atoms with Crippen LogP contribution in [-0.4, -0.2) is 19.8 Å². The number of hydrogen-bond acceptors (Lipinski definition) is 0. The third-order valence-corrected chi connectivity index (χ3v) is 6.12. The summed E-state index contributed by atoms with van der Waals surface area (Å²) < 4.78 is 0. The van der Waals surface area contributed by atoms with Crippen molar-refractivity contribution in [1.29, 1.82) is 0 Å². The molecule has 0 aromatic rings. The van der Waals surface area contributed by atoms with Crippen LogP contribution >= 0.6 is 23.2 Å². The van der Waals surface area contributed by atoms with Gasteiger partial charge in [-0.1, -0.05) is 25.8 Å². The van der Waals surface area contributed by atoms with E-state index in [1.807, 2.05) is 0 Å². The number of unbranched alkanes of at least 4 members (excludes halogenated alkanes) is 1. The van der Waals surface area contributed by atoms with Gasteiger partial charge in [-0.3, -0.25) is 0 Å². The molecule has 0 N–H and O–H groups in total. The van der Waals surface area contributed by atoms with E-state index in [9.17, 15) is 0 Å². The standard InChI is InChI=1S/C6H14Cl2Si/c1-2-3-4-9(5-7)6-8/h9H,2-6H2,1H3. The molecule has 0 bridgehead atoms. The van der Waals surface area contributed by atoms with Crippen LogP contribution in [0.25, 0.3) is 0 Å². The summed E-state index contributed by atoms with van der Waals surface area (Å²) in [5.74, 6) is 0. The van der Waals surface area contributed by atoms with Crippen LogP contribution in [0.15, 0.2) is 0 Å². The Labute approximate surface area is 69.1 Å². The molecule has 0 heterocycles. The third kappa shape index (κ3) is 5.25. The normalized spacial score (nSPS) is 10.7. The molecule has 0 radical (unpaired) electrons. The summed E-state index contributed by atoms with van der Waals surface area (Å²) >= 11 is 11.4. The molecule has 0 aliphatic rings. The van der Waals surface area contributed by atoms with Crippen LogP contribution in [0.3, 0.4) is 0 Å². The molecule has 0 spiro atoms. The fraction of sp³-hybridized carbons (Fsp3) is 1.00. The SMILES string of the molecule is CCCC[SiH](CCl)CCl. The molecule has 0 aromatic heterocycles. The lowest BCUT2D eigenvalue weighted by Crippen LogP contribution is -2.17. The van der Waals surface area contributed by atoms with Crippen LogP contribution in [0.4, 0.5) is 0 Å². The average Bonchev–Trinajstić information content (AvgIpc) is 1.91. The van der Waals surface area contributed by atoms with E-state index >= 15 is 0 Å². The predicted octanol–water partition coefficient (Wildman–Crippen LogP) is 2.57. The zero-order valence-corrected chi connectivity index (χ0v) is 8.54. The minimum atomic E-state index is -0.679. The summed E-state index contributed by atoms with van der Waals surface area (Å²) in [4.78, 5) is 0. The topological polar surface area (TPSA) is 0 Å². The Morgan fingerprint density at radius 1 is 1.22 bits per heavy atom. The molecule has 0 fully saturated rings. The minimum absolute atomic E-state index is 0.679. The van der Waals surface area contributed by atoms with E-state index in [1.165, 1.54) is 18.9 Å². The van der Waals surface area contributed by atoms with Gasteiger partial charge in [0, 0.05) is 11.0 Å². The van der Waals surface area contributed by atoms with E-state index in [2.05, 4.69) is 6.92 Å². The smallest absolute Gasteiger partial charge is 0.0707 e. The Bertz CT molecular complexity index is 55.0. The van der Waals surface area contributed by atoms with Crippen molar-refractivity contribution >= 4 is 32.0 Å². The third-order valence-electron chi connectivity index (χ3n) is 1.40. The summed E-state index contributed by atoms with van der Waals surface area (Å²) in [5.41, 5.74) is 1.70. The molecule has 0 saturated carbocycles. The molecule has 56 valence electrons. The zero-order chi connectivity index (χ0) is 7.11. The maximum atomic E-state index is 5.68. The van der Waals surface area contributed by atoms with Gasteiger partial charge >= 0.3 is 0 Å². The van der Waals surface area contributed by atoms with Gasteiger partial charge in [-0.05, 0) is 0 Å². The van der Waals surface area contributed by atoms with Gasteiger partial charge in [0.15, 0.2) is 0 Å². The van der Waals surface area contributed by atoms with Crippen LogP contribution in [0.5, 0.6) is 0 Å². The maximum Gasteiger partial charge on any atom is 0.0707 e. The van der Waals surface area contributed by atoms with Gasteiger partial charge in [0.05, 0.1) is 8.80 Å². The number of halogens is 2.